The maximum absolute atomic E-state index is 12.5. The summed E-state index contributed by atoms with van der Waals surface area (Å²) < 4.78 is 12.5. The number of fused-ring (bicyclic) bond motifs is 1. The second-order valence-corrected chi connectivity index (χ2v) is 6.98. The van der Waals surface area contributed by atoms with Crippen LogP contribution in [0.25, 0.3) is 0 Å². The maximum atomic E-state index is 12.5. The molecule has 0 amide bonds. The van der Waals surface area contributed by atoms with Gasteiger partial charge in [0.15, 0.2) is 0 Å². The van der Waals surface area contributed by atoms with Crippen LogP contribution in [0.3, 0.4) is 0 Å². The van der Waals surface area contributed by atoms with Crippen LogP contribution in [0.4, 0.5) is 11.4 Å². The van der Waals surface area contributed by atoms with E-state index in [1.807, 2.05) is 31.2 Å². The SMILES string of the molecule is C[C@H]1CC(c2ccc([N+](=O)[O-])cc2)=Nc2ccccc2[S@@]1=O. The Bertz CT molecular complexity index is 784. The molecule has 2 atom stereocenters. The van der Waals surface area contributed by atoms with Crippen molar-refractivity contribution in [1.82, 2.24) is 0 Å². The van der Waals surface area contributed by atoms with Gasteiger partial charge in [0.25, 0.3) is 5.69 Å². The molecular formula is C16H14N2O3S. The number of nitro groups is 1. The Morgan fingerprint density at radius 2 is 1.86 bits per heavy atom. The molecule has 112 valence electrons. The average Bonchev–Trinajstić information content (AvgIpc) is 2.65. The van der Waals surface area contributed by atoms with Gasteiger partial charge in [-0.15, -0.1) is 0 Å². The molecule has 2 aromatic rings. The van der Waals surface area contributed by atoms with E-state index in [0.29, 0.717) is 12.1 Å². The number of non-ortho nitro benzene ring substituents is 1. The molecule has 22 heavy (non-hydrogen) atoms. The highest BCUT2D eigenvalue weighted by molar-refractivity contribution is 7.85. The molecule has 0 saturated carbocycles. The van der Waals surface area contributed by atoms with E-state index in [2.05, 4.69) is 4.99 Å². The number of para-hydroxylation sites is 1. The standard InChI is InChI=1S/C16H14N2O3S/c1-11-10-15(12-6-8-13(9-7-12)18(19)20)17-14-4-2-3-5-16(14)22(11)21/h2-9,11H,10H2,1H3/t11-,22+/m0/s1. The molecule has 2 aromatic carbocycles. The van der Waals surface area contributed by atoms with Crippen molar-refractivity contribution >= 4 is 27.9 Å². The lowest BCUT2D eigenvalue weighted by atomic mass is 10.1. The lowest BCUT2D eigenvalue weighted by Crippen LogP contribution is -2.14. The molecule has 1 aliphatic heterocycles. The molecule has 0 N–H and O–H groups in total. The summed E-state index contributed by atoms with van der Waals surface area (Å²) in [6.45, 7) is 1.93. The topological polar surface area (TPSA) is 72.6 Å². The summed E-state index contributed by atoms with van der Waals surface area (Å²) in [6.07, 6.45) is 0.569. The second-order valence-electron chi connectivity index (χ2n) is 5.14. The highest BCUT2D eigenvalue weighted by Gasteiger charge is 2.23. The van der Waals surface area contributed by atoms with E-state index in [1.54, 1.807) is 12.1 Å². The second kappa shape index (κ2) is 5.81. The first-order valence-corrected chi connectivity index (χ1v) is 8.09. The van der Waals surface area contributed by atoms with E-state index in [1.165, 1.54) is 12.1 Å². The Labute approximate surface area is 130 Å². The summed E-state index contributed by atoms with van der Waals surface area (Å²) in [5, 5.41) is 10.7. The summed E-state index contributed by atoms with van der Waals surface area (Å²) in [7, 11) is -1.11. The zero-order chi connectivity index (χ0) is 15.7. The fourth-order valence-corrected chi connectivity index (χ4v) is 3.71. The van der Waals surface area contributed by atoms with Crippen LogP contribution in [-0.4, -0.2) is 20.1 Å². The Morgan fingerprint density at radius 3 is 2.55 bits per heavy atom. The predicted molar refractivity (Wildman–Crippen MR) is 86.2 cm³/mol. The summed E-state index contributed by atoms with van der Waals surface area (Å²) >= 11 is 0. The fourth-order valence-electron chi connectivity index (χ4n) is 2.43. The molecule has 0 aliphatic carbocycles. The Hall–Kier alpha value is -2.34. The van der Waals surface area contributed by atoms with Gasteiger partial charge in [0.05, 0.1) is 26.3 Å². The van der Waals surface area contributed by atoms with Gasteiger partial charge in [0, 0.05) is 29.5 Å². The van der Waals surface area contributed by atoms with Crippen LogP contribution in [0, 0.1) is 10.1 Å². The first-order chi connectivity index (χ1) is 10.6. The van der Waals surface area contributed by atoms with E-state index in [-0.39, 0.29) is 10.9 Å². The van der Waals surface area contributed by atoms with Crippen molar-refractivity contribution in [2.24, 2.45) is 4.99 Å². The number of rotatable bonds is 2. The lowest BCUT2D eigenvalue weighted by molar-refractivity contribution is -0.384. The number of benzene rings is 2. The zero-order valence-electron chi connectivity index (χ0n) is 11.9. The van der Waals surface area contributed by atoms with Crippen LogP contribution >= 0.6 is 0 Å². The van der Waals surface area contributed by atoms with E-state index in [4.69, 9.17) is 0 Å². The van der Waals surface area contributed by atoms with Gasteiger partial charge >= 0.3 is 0 Å². The molecule has 0 radical (unpaired) electrons. The van der Waals surface area contributed by atoms with Crippen molar-refractivity contribution in [1.29, 1.82) is 0 Å². The molecule has 5 nitrogen and oxygen atoms in total. The van der Waals surface area contributed by atoms with Gasteiger partial charge in [0.2, 0.25) is 0 Å². The minimum absolute atomic E-state index is 0.0509. The summed E-state index contributed by atoms with van der Waals surface area (Å²) in [4.78, 5) is 15.7. The molecule has 1 heterocycles. The van der Waals surface area contributed by atoms with Crippen LogP contribution in [-0.2, 0) is 10.8 Å². The lowest BCUT2D eigenvalue weighted by Gasteiger charge is -2.09. The highest BCUT2D eigenvalue weighted by Crippen LogP contribution is 2.31. The van der Waals surface area contributed by atoms with Crippen LogP contribution in [0.1, 0.15) is 18.9 Å². The molecule has 6 heteroatoms. The first kappa shape index (κ1) is 14.6. The van der Waals surface area contributed by atoms with Gasteiger partial charge in [-0.1, -0.05) is 19.1 Å². The van der Waals surface area contributed by atoms with E-state index in [9.17, 15) is 14.3 Å². The van der Waals surface area contributed by atoms with E-state index < -0.39 is 15.7 Å². The summed E-state index contributed by atoms with van der Waals surface area (Å²) in [6, 6.07) is 13.7. The van der Waals surface area contributed by atoms with Crippen molar-refractivity contribution in [3.05, 3.63) is 64.2 Å². The monoisotopic (exact) mass is 314 g/mol. The summed E-state index contributed by atoms with van der Waals surface area (Å²) in [5.41, 5.74) is 2.39. The molecule has 0 saturated heterocycles. The van der Waals surface area contributed by atoms with Crippen molar-refractivity contribution in [3.63, 3.8) is 0 Å². The molecule has 0 fully saturated rings. The van der Waals surface area contributed by atoms with Gasteiger partial charge in [0.1, 0.15) is 0 Å². The molecule has 0 unspecified atom stereocenters. The molecule has 0 spiro atoms. The highest BCUT2D eigenvalue weighted by atomic mass is 32.2. The fraction of sp³-hybridized carbons (Fsp3) is 0.188. The number of hydrogen-bond acceptors (Lipinski definition) is 4. The van der Waals surface area contributed by atoms with Crippen LogP contribution in [0.15, 0.2) is 58.4 Å². The van der Waals surface area contributed by atoms with E-state index in [0.717, 1.165) is 16.2 Å². The van der Waals surface area contributed by atoms with Crippen molar-refractivity contribution in [3.8, 4) is 0 Å². The van der Waals surface area contributed by atoms with Crippen molar-refractivity contribution in [2.75, 3.05) is 0 Å². The molecule has 3 rings (SSSR count). The third-order valence-corrected chi connectivity index (χ3v) is 5.27. The Balaban J connectivity index is 2.05. The quantitative estimate of drug-likeness (QED) is 0.628. The average molecular weight is 314 g/mol. The zero-order valence-corrected chi connectivity index (χ0v) is 12.7. The number of nitro benzene ring substituents is 1. The molecule has 0 bridgehead atoms. The Kier molecular flexibility index (Phi) is 3.85. The van der Waals surface area contributed by atoms with Crippen molar-refractivity contribution < 1.29 is 9.13 Å². The van der Waals surface area contributed by atoms with Gasteiger partial charge < -0.3 is 0 Å². The van der Waals surface area contributed by atoms with Gasteiger partial charge in [-0.3, -0.25) is 19.3 Å². The normalized spacial score (nSPS) is 20.7. The first-order valence-electron chi connectivity index (χ1n) is 6.88. The van der Waals surface area contributed by atoms with Crippen LogP contribution < -0.4 is 0 Å². The number of nitrogens with zero attached hydrogens (tertiary/aromatic N) is 2. The van der Waals surface area contributed by atoms with Crippen LogP contribution in [0.5, 0.6) is 0 Å². The van der Waals surface area contributed by atoms with Crippen LogP contribution in [0.2, 0.25) is 0 Å². The largest absolute Gasteiger partial charge is 0.269 e. The van der Waals surface area contributed by atoms with Gasteiger partial charge in [-0.05, 0) is 29.8 Å². The van der Waals surface area contributed by atoms with E-state index >= 15 is 0 Å². The smallest absolute Gasteiger partial charge is 0.258 e. The third-order valence-electron chi connectivity index (χ3n) is 3.60. The predicted octanol–water partition coefficient (Wildman–Crippen LogP) is 3.62. The third kappa shape index (κ3) is 2.69. The van der Waals surface area contributed by atoms with Crippen molar-refractivity contribution in [2.45, 2.75) is 23.5 Å². The molecule has 0 aromatic heterocycles. The molecule has 1 aliphatic rings. The number of aliphatic imine (C=N–C) groups is 1. The summed E-state index contributed by atoms with van der Waals surface area (Å²) in [5.74, 6) is 0. The Morgan fingerprint density at radius 1 is 1.18 bits per heavy atom. The minimum atomic E-state index is -1.11. The van der Waals surface area contributed by atoms with Gasteiger partial charge in [-0.2, -0.15) is 0 Å². The number of hydrogen-bond donors (Lipinski definition) is 0. The maximum Gasteiger partial charge on any atom is 0.269 e. The minimum Gasteiger partial charge on any atom is -0.258 e. The molecular weight excluding hydrogens is 300 g/mol. The van der Waals surface area contributed by atoms with Gasteiger partial charge in [-0.25, -0.2) is 0 Å².